The van der Waals surface area contributed by atoms with E-state index in [1.54, 1.807) is 40.2 Å². The molecule has 1 atom stereocenters. The van der Waals surface area contributed by atoms with E-state index in [2.05, 4.69) is 40.6 Å². The van der Waals surface area contributed by atoms with Crippen molar-refractivity contribution in [1.29, 1.82) is 0 Å². The number of benzene rings is 1. The number of fused-ring (bicyclic) bond motifs is 2. The standard InChI is InChI=1S/C37H33N11O4S/c1-38-22-13-23-5-7-29(48(23)41-15-22)28-14-27(39-2)26(16-40-28)33-43-44-36(53-33)46-11-3-10-37(20-46)18-45(19-37)17-21-4-6-24-25(12-21)35(52)47(34(24)51)30-8-9-31(49)42-32(30)50/h4-7,12-16,30H,3,8-11,17-20H2,2H3,(H,39,40)(H,42,49,50). The lowest BCUT2D eigenvalue weighted by atomic mass is 9.73. The number of anilines is 2. The number of imide groups is 2. The van der Waals surface area contributed by atoms with E-state index in [1.807, 2.05) is 37.5 Å². The Morgan fingerprint density at radius 1 is 1.00 bits per heavy atom. The molecule has 0 saturated carbocycles. The highest BCUT2D eigenvalue weighted by Crippen LogP contribution is 2.43. The Kier molecular flexibility index (Phi) is 7.78. The second-order valence-electron chi connectivity index (χ2n) is 14.1. The maximum absolute atomic E-state index is 13.3. The number of nitrogens with one attached hydrogen (secondary N) is 2. The van der Waals surface area contributed by atoms with Crippen LogP contribution < -0.4 is 15.5 Å². The molecule has 53 heavy (non-hydrogen) atoms. The van der Waals surface area contributed by atoms with Crippen LogP contribution in [0.1, 0.15) is 52.0 Å². The molecule has 4 amide bonds. The first-order valence-corrected chi connectivity index (χ1v) is 18.2. The number of hydrogen-bond donors (Lipinski definition) is 2. The summed E-state index contributed by atoms with van der Waals surface area (Å²) in [7, 11) is 1.87. The molecule has 16 heteroatoms. The molecule has 0 bridgehead atoms. The summed E-state index contributed by atoms with van der Waals surface area (Å²) in [5.74, 6) is -1.99. The van der Waals surface area contributed by atoms with Crippen LogP contribution in [0, 0.1) is 12.0 Å². The number of nitrogens with zero attached hydrogens (tertiary/aromatic N) is 9. The molecule has 15 nitrogen and oxygen atoms in total. The minimum absolute atomic E-state index is 0.0888. The maximum Gasteiger partial charge on any atom is 0.262 e. The van der Waals surface area contributed by atoms with Crippen LogP contribution in [0.4, 0.5) is 16.5 Å². The molecule has 2 N–H and O–H groups in total. The Morgan fingerprint density at radius 3 is 2.66 bits per heavy atom. The van der Waals surface area contributed by atoms with E-state index in [9.17, 15) is 19.2 Å². The Morgan fingerprint density at radius 2 is 1.85 bits per heavy atom. The molecule has 3 saturated heterocycles. The monoisotopic (exact) mass is 727 g/mol. The topological polar surface area (TPSA) is 162 Å². The van der Waals surface area contributed by atoms with Crippen LogP contribution in [0.25, 0.3) is 32.3 Å². The van der Waals surface area contributed by atoms with Gasteiger partial charge in [0.05, 0.1) is 46.4 Å². The highest BCUT2D eigenvalue weighted by atomic mass is 32.1. The second-order valence-corrected chi connectivity index (χ2v) is 15.1. The zero-order valence-electron chi connectivity index (χ0n) is 28.7. The van der Waals surface area contributed by atoms with Crippen LogP contribution >= 0.6 is 11.3 Å². The molecular formula is C37H33N11O4S. The minimum Gasteiger partial charge on any atom is -0.387 e. The van der Waals surface area contributed by atoms with Crippen molar-refractivity contribution >= 4 is 57.0 Å². The first-order valence-electron chi connectivity index (χ1n) is 17.4. The highest BCUT2D eigenvalue weighted by Gasteiger charge is 2.47. The molecule has 8 heterocycles. The summed E-state index contributed by atoms with van der Waals surface area (Å²) < 4.78 is 1.78. The van der Waals surface area contributed by atoms with Crippen molar-refractivity contribution in [2.75, 3.05) is 43.4 Å². The molecular weight excluding hydrogens is 695 g/mol. The molecule has 4 aliphatic heterocycles. The lowest BCUT2D eigenvalue weighted by molar-refractivity contribution is -0.136. The Balaban J connectivity index is 0.857. The normalized spacial score (nSPS) is 19.7. The van der Waals surface area contributed by atoms with Crippen molar-refractivity contribution < 1.29 is 19.2 Å². The van der Waals surface area contributed by atoms with E-state index in [0.29, 0.717) is 23.4 Å². The molecule has 266 valence electrons. The van der Waals surface area contributed by atoms with Gasteiger partial charge in [0.15, 0.2) is 5.01 Å². The summed E-state index contributed by atoms with van der Waals surface area (Å²) in [5.41, 5.74) is 6.26. The van der Waals surface area contributed by atoms with Crippen molar-refractivity contribution in [3.63, 3.8) is 0 Å². The van der Waals surface area contributed by atoms with E-state index in [1.165, 1.54) is 0 Å². The van der Waals surface area contributed by atoms with Crippen molar-refractivity contribution in [1.82, 2.24) is 39.9 Å². The van der Waals surface area contributed by atoms with Crippen LogP contribution in [-0.2, 0) is 16.1 Å². The SMILES string of the molecule is [C-]#[N+]c1cnn2c(-c3cc(NC)c(-c4nnc(N5CCCC6(CN(Cc7ccc8c(c7)C(=O)N(C7CCC(=O)NC7=O)C8=O)C6)C5)s4)cn3)ccc2c1. The fourth-order valence-electron chi connectivity index (χ4n) is 8.19. The third kappa shape index (κ3) is 5.60. The lowest BCUT2D eigenvalue weighted by Crippen LogP contribution is -2.62. The van der Waals surface area contributed by atoms with Gasteiger partial charge in [-0.1, -0.05) is 17.4 Å². The molecule has 3 fully saturated rings. The summed E-state index contributed by atoms with van der Waals surface area (Å²) in [6.07, 6.45) is 5.74. The molecule has 4 aromatic heterocycles. The number of amides is 4. The van der Waals surface area contributed by atoms with Gasteiger partial charge in [-0.15, -0.1) is 10.2 Å². The number of likely N-dealkylation sites (tertiary alicyclic amines) is 1. The Labute approximate surface area is 307 Å². The second kappa shape index (κ2) is 12.6. The molecule has 0 aliphatic carbocycles. The highest BCUT2D eigenvalue weighted by molar-refractivity contribution is 7.18. The third-order valence-electron chi connectivity index (χ3n) is 10.7. The van der Waals surface area contributed by atoms with Crippen LogP contribution in [-0.4, -0.2) is 97.5 Å². The van der Waals surface area contributed by atoms with Crippen LogP contribution in [0.5, 0.6) is 0 Å². The number of pyridine rings is 1. The number of aromatic nitrogens is 5. The van der Waals surface area contributed by atoms with E-state index >= 15 is 0 Å². The van der Waals surface area contributed by atoms with Gasteiger partial charge in [0.25, 0.3) is 11.8 Å². The summed E-state index contributed by atoms with van der Waals surface area (Å²) in [6, 6.07) is 12.0. The quantitative estimate of drug-likeness (QED) is 0.184. The van der Waals surface area contributed by atoms with Crippen molar-refractivity contribution in [3.8, 4) is 22.0 Å². The van der Waals surface area contributed by atoms with Gasteiger partial charge in [-0.3, -0.25) is 39.3 Å². The molecule has 1 unspecified atom stereocenters. The maximum atomic E-state index is 13.3. The van der Waals surface area contributed by atoms with Gasteiger partial charge < -0.3 is 10.2 Å². The minimum atomic E-state index is -0.976. The van der Waals surface area contributed by atoms with Crippen molar-refractivity contribution in [2.24, 2.45) is 5.41 Å². The summed E-state index contributed by atoms with van der Waals surface area (Å²) >= 11 is 1.55. The molecule has 5 aromatic rings. The third-order valence-corrected chi connectivity index (χ3v) is 11.7. The molecule has 9 rings (SSSR count). The van der Waals surface area contributed by atoms with Gasteiger partial charge in [-0.25, -0.2) is 9.36 Å². The van der Waals surface area contributed by atoms with Crippen LogP contribution in [0.2, 0.25) is 0 Å². The number of carbonyl (C=O) groups excluding carboxylic acids is 4. The van der Waals surface area contributed by atoms with Gasteiger partial charge in [0, 0.05) is 63.5 Å². The predicted octanol–water partition coefficient (Wildman–Crippen LogP) is 4.01. The van der Waals surface area contributed by atoms with E-state index in [0.717, 1.165) is 87.8 Å². The average molecular weight is 728 g/mol. The number of piperidine rings is 2. The first kappa shape index (κ1) is 32.8. The van der Waals surface area contributed by atoms with Crippen LogP contribution in [0.15, 0.2) is 54.9 Å². The first-order chi connectivity index (χ1) is 25.7. The summed E-state index contributed by atoms with van der Waals surface area (Å²) in [6.45, 7) is 11.5. The summed E-state index contributed by atoms with van der Waals surface area (Å²) in [4.78, 5) is 64.4. The van der Waals surface area contributed by atoms with E-state index < -0.39 is 29.7 Å². The zero-order chi connectivity index (χ0) is 36.4. The fourth-order valence-corrected chi connectivity index (χ4v) is 9.08. The summed E-state index contributed by atoms with van der Waals surface area (Å²) in [5, 5.41) is 20.8. The molecule has 1 aromatic carbocycles. The number of hydrogen-bond acceptors (Lipinski definition) is 12. The smallest absolute Gasteiger partial charge is 0.262 e. The van der Waals surface area contributed by atoms with Crippen molar-refractivity contribution in [3.05, 3.63) is 83.0 Å². The average Bonchev–Trinajstić information content (AvgIpc) is 3.88. The van der Waals surface area contributed by atoms with Crippen LogP contribution in [0.3, 0.4) is 0 Å². The molecule has 1 spiro atoms. The molecule has 4 aliphatic rings. The predicted molar refractivity (Wildman–Crippen MR) is 195 cm³/mol. The zero-order valence-corrected chi connectivity index (χ0v) is 29.5. The van der Waals surface area contributed by atoms with Gasteiger partial charge in [-0.05, 0) is 61.2 Å². The molecule has 0 radical (unpaired) electrons. The number of rotatable bonds is 7. The largest absolute Gasteiger partial charge is 0.387 e. The van der Waals surface area contributed by atoms with Crippen molar-refractivity contribution in [2.45, 2.75) is 38.3 Å². The Hall–Kier alpha value is -6.05. The van der Waals surface area contributed by atoms with E-state index in [-0.39, 0.29) is 18.3 Å². The van der Waals surface area contributed by atoms with Gasteiger partial charge in [-0.2, -0.15) is 5.10 Å². The van der Waals surface area contributed by atoms with Gasteiger partial charge in [0.2, 0.25) is 22.6 Å². The van der Waals surface area contributed by atoms with E-state index in [4.69, 9.17) is 11.6 Å². The fraction of sp³-hybridized carbons (Fsp3) is 0.324. The number of carbonyl (C=O) groups is 4. The lowest BCUT2D eigenvalue weighted by Gasteiger charge is -2.54. The van der Waals surface area contributed by atoms with Gasteiger partial charge in [0.1, 0.15) is 6.04 Å². The Bertz CT molecular complexity index is 2410. The van der Waals surface area contributed by atoms with Gasteiger partial charge >= 0.3 is 0 Å².